The first-order valence-corrected chi connectivity index (χ1v) is 9.70. The molecule has 0 radical (unpaired) electrons. The van der Waals surface area contributed by atoms with Gasteiger partial charge in [-0.1, -0.05) is 31.9 Å². The van der Waals surface area contributed by atoms with Crippen LogP contribution in [0.1, 0.15) is 6.42 Å². The van der Waals surface area contributed by atoms with Gasteiger partial charge in [-0.05, 0) is 30.4 Å². The second kappa shape index (κ2) is 5.73. The molecule has 5 nitrogen and oxygen atoms in total. The monoisotopic (exact) mass is 457 g/mol. The lowest BCUT2D eigenvalue weighted by Crippen LogP contribution is -2.37. The van der Waals surface area contributed by atoms with Gasteiger partial charge < -0.3 is 9.47 Å². The number of amides is 2. The minimum absolute atomic E-state index is 0.118. The van der Waals surface area contributed by atoms with Crippen molar-refractivity contribution in [3.05, 3.63) is 18.2 Å². The fourth-order valence-corrected chi connectivity index (χ4v) is 6.43. The molecule has 1 saturated heterocycles. The number of alkyl halides is 2. The molecule has 1 aliphatic heterocycles. The van der Waals surface area contributed by atoms with E-state index >= 15 is 0 Å². The number of carbonyl (C=O) groups excluding carboxylic acids is 2. The van der Waals surface area contributed by atoms with Crippen molar-refractivity contribution in [1.82, 2.24) is 0 Å². The second-order valence-electron chi connectivity index (χ2n) is 6.55. The van der Waals surface area contributed by atoms with Crippen LogP contribution in [0.3, 0.4) is 0 Å². The predicted molar refractivity (Wildman–Crippen MR) is 96.0 cm³/mol. The van der Waals surface area contributed by atoms with Crippen LogP contribution in [0, 0.1) is 23.7 Å². The van der Waals surface area contributed by atoms with E-state index in [1.807, 2.05) is 0 Å². The molecule has 0 spiro atoms. The third-order valence-corrected chi connectivity index (χ3v) is 8.82. The number of fused-ring (bicyclic) bond motifs is 5. The fourth-order valence-electron chi connectivity index (χ4n) is 4.56. The van der Waals surface area contributed by atoms with Crippen LogP contribution in [0.2, 0.25) is 0 Å². The molecule has 1 aromatic rings. The smallest absolute Gasteiger partial charge is 0.238 e. The molecule has 1 aromatic carbocycles. The Morgan fingerprint density at radius 2 is 1.58 bits per heavy atom. The van der Waals surface area contributed by atoms with E-state index in [2.05, 4.69) is 31.9 Å². The minimum Gasteiger partial charge on any atom is -0.497 e. The first-order chi connectivity index (χ1) is 11.5. The van der Waals surface area contributed by atoms with Crippen molar-refractivity contribution in [2.75, 3.05) is 19.1 Å². The molecule has 2 saturated carbocycles. The molecule has 0 N–H and O–H groups in total. The molecule has 128 valence electrons. The van der Waals surface area contributed by atoms with Crippen LogP contribution in [-0.4, -0.2) is 35.7 Å². The van der Waals surface area contributed by atoms with Gasteiger partial charge in [-0.3, -0.25) is 9.59 Å². The van der Waals surface area contributed by atoms with Gasteiger partial charge in [0.05, 0.1) is 31.7 Å². The number of carbonyl (C=O) groups is 2. The maximum Gasteiger partial charge on any atom is 0.238 e. The van der Waals surface area contributed by atoms with Crippen molar-refractivity contribution >= 4 is 49.4 Å². The lowest BCUT2D eigenvalue weighted by molar-refractivity contribution is -0.123. The summed E-state index contributed by atoms with van der Waals surface area (Å²) < 4.78 is 10.6. The van der Waals surface area contributed by atoms with Crippen LogP contribution in [0.5, 0.6) is 11.5 Å². The summed E-state index contributed by atoms with van der Waals surface area (Å²) in [4.78, 5) is 27.9. The molecular formula is C17H17Br2NO4. The second-order valence-corrected chi connectivity index (χ2v) is 8.67. The zero-order chi connectivity index (χ0) is 17.2. The Balaban J connectivity index is 1.77. The molecule has 2 aliphatic carbocycles. The van der Waals surface area contributed by atoms with Crippen molar-refractivity contribution in [1.29, 1.82) is 0 Å². The summed E-state index contributed by atoms with van der Waals surface area (Å²) in [7, 11) is 3.09. The van der Waals surface area contributed by atoms with E-state index in [1.54, 1.807) is 25.3 Å². The SMILES string of the molecule is COc1ccc(OC)c(N2C(=O)[C@@H]3[C@H]4C[C@@H]([C@@H](Br)[C@@H]4Br)[C@@H]3C2=O)c1. The zero-order valence-corrected chi connectivity index (χ0v) is 16.4. The van der Waals surface area contributed by atoms with Gasteiger partial charge in [-0.2, -0.15) is 0 Å². The number of nitrogens with zero attached hydrogens (tertiary/aromatic N) is 1. The van der Waals surface area contributed by atoms with E-state index < -0.39 is 0 Å². The van der Waals surface area contributed by atoms with E-state index in [-0.39, 0.29) is 45.1 Å². The van der Waals surface area contributed by atoms with E-state index in [0.29, 0.717) is 17.2 Å². The number of anilines is 1. The normalized spacial score (nSPS) is 37.1. The third-order valence-electron chi connectivity index (χ3n) is 5.61. The first-order valence-electron chi connectivity index (χ1n) is 7.87. The van der Waals surface area contributed by atoms with E-state index in [0.717, 1.165) is 6.42 Å². The van der Waals surface area contributed by atoms with Crippen LogP contribution in [0.4, 0.5) is 5.69 Å². The molecule has 1 heterocycles. The van der Waals surface area contributed by atoms with Gasteiger partial charge in [0, 0.05) is 15.7 Å². The Labute approximate surface area is 156 Å². The molecule has 2 bridgehead atoms. The number of halogens is 2. The highest BCUT2D eigenvalue weighted by Gasteiger charge is 2.66. The highest BCUT2D eigenvalue weighted by Crippen LogP contribution is 2.61. The molecule has 0 aromatic heterocycles. The zero-order valence-electron chi connectivity index (χ0n) is 13.2. The van der Waals surface area contributed by atoms with Crippen molar-refractivity contribution in [2.45, 2.75) is 16.1 Å². The summed E-state index contributed by atoms with van der Waals surface area (Å²) >= 11 is 7.40. The molecule has 24 heavy (non-hydrogen) atoms. The average molecular weight is 459 g/mol. The van der Waals surface area contributed by atoms with E-state index in [4.69, 9.17) is 9.47 Å². The maximum atomic E-state index is 13.1. The van der Waals surface area contributed by atoms with Crippen LogP contribution in [0.25, 0.3) is 0 Å². The number of benzene rings is 1. The number of rotatable bonds is 3. The molecule has 3 fully saturated rings. The maximum absolute atomic E-state index is 13.1. The Hall–Kier alpha value is -1.08. The van der Waals surface area contributed by atoms with Gasteiger partial charge in [-0.15, -0.1) is 0 Å². The molecule has 7 heteroatoms. The number of imide groups is 1. The summed E-state index contributed by atoms with van der Waals surface area (Å²) in [5, 5.41) is 0. The Bertz CT molecular complexity index is 693. The van der Waals surface area contributed by atoms with Gasteiger partial charge in [0.1, 0.15) is 11.5 Å². The average Bonchev–Trinajstić information content (AvgIpc) is 3.19. The van der Waals surface area contributed by atoms with E-state index in [1.165, 1.54) is 12.0 Å². The van der Waals surface area contributed by atoms with Crippen LogP contribution in [-0.2, 0) is 9.59 Å². The first kappa shape index (κ1) is 16.4. The highest BCUT2D eigenvalue weighted by atomic mass is 79.9. The molecule has 2 amide bonds. The van der Waals surface area contributed by atoms with Crippen LogP contribution >= 0.6 is 31.9 Å². The summed E-state index contributed by atoms with van der Waals surface area (Å²) in [5.41, 5.74) is 0.470. The standard InChI is InChI=1S/C17H17Br2NO4/c1-23-7-3-4-11(24-2)10(5-7)20-16(21)12-8-6-9(13(12)17(20)22)15(19)14(8)18/h3-5,8-9,12-15H,6H2,1-2H3/t8-,9-,12-,13+,14-,15-/m1/s1. The van der Waals surface area contributed by atoms with Gasteiger partial charge in [0.15, 0.2) is 0 Å². The fraction of sp³-hybridized carbons (Fsp3) is 0.529. The highest BCUT2D eigenvalue weighted by molar-refractivity contribution is 9.12. The molecular weight excluding hydrogens is 442 g/mol. The van der Waals surface area contributed by atoms with Crippen molar-refractivity contribution < 1.29 is 19.1 Å². The third kappa shape index (κ3) is 2.03. The van der Waals surface area contributed by atoms with Crippen molar-refractivity contribution in [3.8, 4) is 11.5 Å². The number of ether oxygens (including phenoxy) is 2. The number of methoxy groups -OCH3 is 2. The Morgan fingerprint density at radius 3 is 2.08 bits per heavy atom. The lowest BCUT2D eigenvalue weighted by Gasteiger charge is -2.28. The van der Waals surface area contributed by atoms with Crippen molar-refractivity contribution in [2.24, 2.45) is 23.7 Å². The quantitative estimate of drug-likeness (QED) is 0.516. The summed E-state index contributed by atoms with van der Waals surface area (Å²) in [6.45, 7) is 0. The number of hydrogen-bond donors (Lipinski definition) is 0. The minimum atomic E-state index is -0.239. The van der Waals surface area contributed by atoms with Gasteiger partial charge >= 0.3 is 0 Å². The topological polar surface area (TPSA) is 55.8 Å². The molecule has 4 rings (SSSR count). The van der Waals surface area contributed by atoms with Gasteiger partial charge in [0.2, 0.25) is 11.8 Å². The lowest BCUT2D eigenvalue weighted by atomic mass is 9.81. The molecule has 6 atom stereocenters. The molecule has 0 unspecified atom stereocenters. The number of hydrogen-bond acceptors (Lipinski definition) is 4. The van der Waals surface area contributed by atoms with Gasteiger partial charge in [-0.25, -0.2) is 4.90 Å². The predicted octanol–water partition coefficient (Wildman–Crippen LogP) is 2.99. The Kier molecular flexibility index (Phi) is 3.91. The Morgan fingerprint density at radius 1 is 1.00 bits per heavy atom. The van der Waals surface area contributed by atoms with Crippen molar-refractivity contribution in [3.63, 3.8) is 0 Å². The summed E-state index contributed by atoms with van der Waals surface area (Å²) in [6.07, 6.45) is 0.918. The van der Waals surface area contributed by atoms with Gasteiger partial charge in [0.25, 0.3) is 0 Å². The summed E-state index contributed by atoms with van der Waals surface area (Å²) in [5.74, 6) is 0.762. The van der Waals surface area contributed by atoms with Crippen LogP contribution in [0.15, 0.2) is 18.2 Å². The van der Waals surface area contributed by atoms with Crippen LogP contribution < -0.4 is 14.4 Å². The van der Waals surface area contributed by atoms with E-state index in [9.17, 15) is 9.59 Å². The summed E-state index contributed by atoms with van der Waals surface area (Å²) in [6, 6.07) is 5.16. The largest absolute Gasteiger partial charge is 0.497 e. The molecule has 3 aliphatic rings.